The van der Waals surface area contributed by atoms with Crippen LogP contribution in [0.4, 0.5) is 11.6 Å². The fourth-order valence-electron chi connectivity index (χ4n) is 2.17. The van der Waals surface area contributed by atoms with Crippen molar-refractivity contribution in [3.8, 4) is 0 Å². The van der Waals surface area contributed by atoms with Gasteiger partial charge in [0.05, 0.1) is 12.8 Å². The molecular weight excluding hydrogens is 426 g/mol. The number of carbonyl (C=O) groups is 2. The van der Waals surface area contributed by atoms with E-state index in [1.807, 2.05) is 0 Å². The van der Waals surface area contributed by atoms with Gasteiger partial charge in [-0.25, -0.2) is 13.1 Å². The second-order valence-electron chi connectivity index (χ2n) is 5.46. The third-order valence-corrected chi connectivity index (χ3v) is 5.79. The van der Waals surface area contributed by atoms with Crippen LogP contribution in [0, 0.1) is 27.4 Å². The molecule has 0 saturated heterocycles. The molecule has 0 unspecified atom stereocenters. The van der Waals surface area contributed by atoms with Gasteiger partial charge >= 0.3 is 0 Å². The predicted molar refractivity (Wildman–Crippen MR) is 115 cm³/mol. The Labute approximate surface area is 203 Å². The van der Waals surface area contributed by atoms with Crippen molar-refractivity contribution in [3.63, 3.8) is 0 Å². The number of hydrogen-bond donors (Lipinski definition) is 2. The second-order valence-corrected chi connectivity index (χ2v) is 7.95. The van der Waals surface area contributed by atoms with Crippen molar-refractivity contribution >= 4 is 44.6 Å². The number of amides is 1. The summed E-state index contributed by atoms with van der Waals surface area (Å²) >= 11 is 0.263. The summed E-state index contributed by atoms with van der Waals surface area (Å²) in [6.45, 7) is -17.1. The Morgan fingerprint density at radius 1 is 1.30 bits per heavy atom. The van der Waals surface area contributed by atoms with Crippen LogP contribution in [0.25, 0.3) is 0 Å². The van der Waals surface area contributed by atoms with Gasteiger partial charge in [-0.1, -0.05) is 11.2 Å². The van der Waals surface area contributed by atoms with Gasteiger partial charge in [0.25, 0.3) is 15.9 Å². The standard InChI is InChI=1S/C20H21N3O5S2/c1-10-8-11(2)17(15(9-10)14(5)24)21-19(25)18-16(6-7-29-18)30(26,27)23-20-12(3)13(4)22-28-20/h6-9,23H,1-5H3,(H,21,25)/i1D3,2D3,3D3,4D3,5D3,9D/hD2. The van der Waals surface area contributed by atoms with Gasteiger partial charge < -0.3 is 9.83 Å². The summed E-state index contributed by atoms with van der Waals surface area (Å²) in [4.78, 5) is 24.6. The van der Waals surface area contributed by atoms with Crippen LogP contribution in [0.5, 0.6) is 0 Å². The first kappa shape index (κ1) is 8.27. The van der Waals surface area contributed by atoms with Gasteiger partial charge in [-0.15, -0.1) is 11.3 Å². The highest BCUT2D eigenvalue weighted by Gasteiger charge is 2.27. The monoisotopic (exact) mass is 465 g/mol. The minimum atomic E-state index is -5.44. The van der Waals surface area contributed by atoms with E-state index in [2.05, 4.69) is 9.68 Å². The lowest BCUT2D eigenvalue weighted by atomic mass is 10.0. The van der Waals surface area contributed by atoms with Crippen molar-refractivity contribution in [1.82, 2.24) is 5.16 Å². The number of carbonyl (C=O) groups excluding carboxylic acids is 2. The number of sulfonamides is 1. The van der Waals surface area contributed by atoms with Crippen molar-refractivity contribution < 1.29 is 47.3 Å². The number of rotatable bonds is 6. The lowest BCUT2D eigenvalue weighted by molar-refractivity contribution is 0.101. The summed E-state index contributed by atoms with van der Waals surface area (Å²) in [5.41, 5.74) is -7.66. The number of thiophene rings is 1. The Morgan fingerprint density at radius 2 is 2.17 bits per heavy atom. The summed E-state index contributed by atoms with van der Waals surface area (Å²) in [7, 11) is -5.44. The molecule has 0 atom stereocenters. The molecule has 0 bridgehead atoms. The van der Waals surface area contributed by atoms with Crippen molar-refractivity contribution in [2.24, 2.45) is 0 Å². The predicted octanol–water partition coefficient (Wildman–Crippen LogP) is 4.23. The minimum absolute atomic E-state index is 0.263. The number of aryl methyl sites for hydroxylation is 3. The van der Waals surface area contributed by atoms with Crippen molar-refractivity contribution in [2.45, 2.75) is 39.2 Å². The van der Waals surface area contributed by atoms with Gasteiger partial charge in [-0.2, -0.15) is 0 Å². The number of ketones is 1. The molecule has 30 heavy (non-hydrogen) atoms. The third-order valence-electron chi connectivity index (χ3n) is 3.46. The van der Waals surface area contributed by atoms with Gasteiger partial charge in [0.1, 0.15) is 9.77 Å². The zero-order valence-electron chi connectivity index (χ0n) is 32.4. The van der Waals surface area contributed by atoms with Crippen LogP contribution in [0.15, 0.2) is 33.0 Å². The molecule has 1 amide bonds. The van der Waals surface area contributed by atoms with Gasteiger partial charge in [0.2, 0.25) is 5.88 Å². The first-order valence-electron chi connectivity index (χ1n) is 16.4. The van der Waals surface area contributed by atoms with E-state index in [1.54, 1.807) is 0 Å². The van der Waals surface area contributed by atoms with Crippen LogP contribution in [-0.4, -0.2) is 25.3 Å². The average molecular weight is 466 g/mol. The molecule has 2 N–H and O–H groups in total. The average Bonchev–Trinajstić information content (AvgIpc) is 3.57. The molecule has 10 heteroatoms. The fraction of sp³-hybridized carbons (Fsp3) is 0.250. The highest BCUT2D eigenvalue weighted by Crippen LogP contribution is 2.29. The largest absolute Gasteiger partial charge is 0.337 e. The number of anilines is 2. The van der Waals surface area contributed by atoms with Crippen LogP contribution >= 0.6 is 11.3 Å². The normalized spacial score (nSPS) is 22.3. The molecule has 0 saturated carbocycles. The number of hydrogen-bond acceptors (Lipinski definition) is 7. The lowest BCUT2D eigenvalue weighted by Gasteiger charge is -2.14. The molecule has 2 heterocycles. The molecule has 3 aromatic rings. The first-order valence-corrected chi connectivity index (χ1v) is 9.87. The molecule has 8 nitrogen and oxygen atoms in total. The van der Waals surface area contributed by atoms with Crippen molar-refractivity contribution in [2.75, 3.05) is 10.0 Å². The summed E-state index contributed by atoms with van der Waals surface area (Å²) < 4.78 is 171. The van der Waals surface area contributed by atoms with E-state index in [0.717, 1.165) is 5.38 Å². The van der Waals surface area contributed by atoms with Crippen LogP contribution in [0.2, 0.25) is 2.82 Å². The van der Waals surface area contributed by atoms with E-state index in [-0.39, 0.29) is 11.3 Å². The fourth-order valence-corrected chi connectivity index (χ4v) is 4.39. The maximum atomic E-state index is 13.7. The number of nitrogens with one attached hydrogen (secondary N) is 2. The molecule has 158 valence electrons. The number of benzene rings is 1. The maximum Gasteiger partial charge on any atom is 0.267 e. The minimum Gasteiger partial charge on any atom is -0.337 e. The van der Waals surface area contributed by atoms with Crippen molar-refractivity contribution in [3.05, 3.63) is 56.4 Å². The number of Topliss-reactive ketones (excluding diaryl/α,β-unsaturated/α-hetero) is 1. The zero-order valence-corrected chi connectivity index (χ0v) is 16.1. The van der Waals surface area contributed by atoms with E-state index in [0.29, 0.717) is 12.1 Å². The van der Waals surface area contributed by atoms with E-state index in [9.17, 15) is 18.0 Å². The zero-order chi connectivity index (χ0) is 37.3. The summed E-state index contributed by atoms with van der Waals surface area (Å²) in [6.07, 6.45) is 0. The van der Waals surface area contributed by atoms with E-state index in [4.69, 9.17) is 24.8 Å². The molecule has 3 rings (SSSR count). The molecule has 0 spiro atoms. The highest BCUT2D eigenvalue weighted by atomic mass is 32.2. The Morgan fingerprint density at radius 3 is 2.87 bits per heavy atom. The molecular formula is C20H21N3O5S2. The molecule has 1 aromatic carbocycles. The Kier molecular flexibility index (Phi) is 2.22. The Bertz CT molecular complexity index is 1870. The maximum absolute atomic E-state index is 13.7. The van der Waals surface area contributed by atoms with E-state index >= 15 is 0 Å². The molecule has 0 aliphatic heterocycles. The quantitative estimate of drug-likeness (QED) is 0.526. The molecule has 0 radical (unpaired) electrons. The van der Waals surface area contributed by atoms with Crippen LogP contribution in [0.3, 0.4) is 0 Å². The van der Waals surface area contributed by atoms with Crippen LogP contribution in [0.1, 0.15) is 71.2 Å². The Hall–Kier alpha value is -2.98. The van der Waals surface area contributed by atoms with Gasteiger partial charge in [0.15, 0.2) is 8.61 Å². The molecule has 2 aromatic heterocycles. The SMILES string of the molecule is [2H]c1c(C([2H])([2H])[2H])cc(C([2H])([2H])[2H])c(N([2H])C(=O)c2sccc2S(=O)(=O)N([2H])c2onc(C([2H])([2H])[2H])c2C([2H])([2H])[2H])c1C(=O)C([2H])([2H])[2H]. The number of aromatic nitrogens is 1. The van der Waals surface area contributed by atoms with Crippen molar-refractivity contribution in [1.29, 1.82) is 0 Å². The third kappa shape index (κ3) is 4.14. The second kappa shape index (κ2) is 8.04. The summed E-state index contributed by atoms with van der Waals surface area (Å²) in [5.74, 6) is -5.21. The van der Waals surface area contributed by atoms with Gasteiger partial charge in [-0.3, -0.25) is 9.59 Å². The lowest BCUT2D eigenvalue weighted by Crippen LogP contribution is -2.20. The summed E-state index contributed by atoms with van der Waals surface area (Å²) in [5, 5.41) is 3.59. The highest BCUT2D eigenvalue weighted by molar-refractivity contribution is 7.93. The van der Waals surface area contributed by atoms with E-state index in [1.165, 1.54) is 0 Å². The van der Waals surface area contributed by atoms with Crippen LogP contribution < -0.4 is 10.0 Å². The van der Waals surface area contributed by atoms with Gasteiger partial charge in [0, 0.05) is 31.7 Å². The Balaban J connectivity index is 2.31. The van der Waals surface area contributed by atoms with Gasteiger partial charge in [-0.05, 0) is 62.9 Å². The molecule has 0 aliphatic rings. The molecule has 0 fully saturated rings. The van der Waals surface area contributed by atoms with Crippen LogP contribution in [-0.2, 0) is 10.0 Å². The molecule has 0 aliphatic carbocycles. The number of nitrogens with zero attached hydrogens (tertiary/aromatic N) is 1. The first-order chi connectivity index (χ1) is 21.4. The smallest absolute Gasteiger partial charge is 0.267 e. The van der Waals surface area contributed by atoms with E-state index < -0.39 is 121 Å². The topological polar surface area (TPSA) is 118 Å². The summed E-state index contributed by atoms with van der Waals surface area (Å²) in [6, 6.07) is -0.303.